The van der Waals surface area contributed by atoms with Crippen molar-refractivity contribution in [2.75, 3.05) is 31.6 Å². The predicted octanol–water partition coefficient (Wildman–Crippen LogP) is 6.22. The first kappa shape index (κ1) is 35.5. The van der Waals surface area contributed by atoms with Crippen molar-refractivity contribution in [2.45, 2.75) is 43.7 Å². The third kappa shape index (κ3) is 9.36. The standard InChI is InChI=1S/C36H40BrN3O6S/c1-4-5-23-38-36(42)33(24-27-11-7-6-8-12-27)39(25-28-15-17-29(37)18-16-28)35(41)26-40(32-13-9-10-14-34(32)46-3)47(43,44)31-21-19-30(45-2)20-22-31/h6-22,33H,4-5,23-26H2,1-3H3,(H,38,42)/t33-/m1/s1. The maximum absolute atomic E-state index is 14.6. The van der Waals surface area contributed by atoms with E-state index in [2.05, 4.69) is 21.2 Å². The minimum Gasteiger partial charge on any atom is -0.497 e. The fourth-order valence-electron chi connectivity index (χ4n) is 5.07. The lowest BCUT2D eigenvalue weighted by Crippen LogP contribution is -2.53. The lowest BCUT2D eigenvalue weighted by atomic mass is 10.0. The molecule has 0 saturated heterocycles. The number of rotatable bonds is 16. The predicted molar refractivity (Wildman–Crippen MR) is 187 cm³/mol. The van der Waals surface area contributed by atoms with Crippen molar-refractivity contribution in [1.82, 2.24) is 10.2 Å². The molecule has 0 aliphatic heterocycles. The van der Waals surface area contributed by atoms with Crippen LogP contribution in [0.3, 0.4) is 0 Å². The fourth-order valence-corrected chi connectivity index (χ4v) is 6.76. The topological polar surface area (TPSA) is 105 Å². The molecule has 0 aliphatic carbocycles. The average molecular weight is 723 g/mol. The maximum atomic E-state index is 14.6. The summed E-state index contributed by atoms with van der Waals surface area (Å²) < 4.78 is 41.3. The quantitative estimate of drug-likeness (QED) is 0.138. The second kappa shape index (κ2) is 17.0. The van der Waals surface area contributed by atoms with Gasteiger partial charge in [-0.05, 0) is 66.1 Å². The molecular weight excluding hydrogens is 682 g/mol. The number of carbonyl (C=O) groups excluding carboxylic acids is 2. The number of hydrogen-bond donors (Lipinski definition) is 1. The van der Waals surface area contributed by atoms with Gasteiger partial charge in [0.05, 0.1) is 24.8 Å². The van der Waals surface area contributed by atoms with E-state index in [1.54, 1.807) is 36.4 Å². The average Bonchev–Trinajstić information content (AvgIpc) is 3.09. The summed E-state index contributed by atoms with van der Waals surface area (Å²) in [7, 11) is -1.36. The van der Waals surface area contributed by atoms with Gasteiger partial charge in [0.15, 0.2) is 0 Å². The van der Waals surface area contributed by atoms with Crippen molar-refractivity contribution < 1.29 is 27.5 Å². The number of benzene rings is 4. The van der Waals surface area contributed by atoms with E-state index >= 15 is 0 Å². The van der Waals surface area contributed by atoms with Gasteiger partial charge in [0.2, 0.25) is 11.8 Å². The molecule has 11 heteroatoms. The van der Waals surface area contributed by atoms with Crippen LogP contribution in [-0.4, -0.2) is 58.5 Å². The van der Waals surface area contributed by atoms with Crippen LogP contribution in [0.4, 0.5) is 5.69 Å². The van der Waals surface area contributed by atoms with Gasteiger partial charge in [-0.15, -0.1) is 0 Å². The highest BCUT2D eigenvalue weighted by Gasteiger charge is 2.35. The van der Waals surface area contributed by atoms with Gasteiger partial charge in [0.1, 0.15) is 24.1 Å². The van der Waals surface area contributed by atoms with Gasteiger partial charge in [-0.2, -0.15) is 0 Å². The third-order valence-electron chi connectivity index (χ3n) is 7.65. The molecule has 1 N–H and O–H groups in total. The van der Waals surface area contributed by atoms with E-state index in [9.17, 15) is 18.0 Å². The van der Waals surface area contributed by atoms with Crippen LogP contribution >= 0.6 is 15.9 Å². The van der Waals surface area contributed by atoms with Crippen LogP contribution in [0.25, 0.3) is 0 Å². The van der Waals surface area contributed by atoms with Gasteiger partial charge >= 0.3 is 0 Å². The molecule has 0 spiro atoms. The molecule has 0 bridgehead atoms. The number of unbranched alkanes of at least 4 members (excludes halogenated alkanes) is 1. The third-order valence-corrected chi connectivity index (χ3v) is 9.95. The van der Waals surface area contributed by atoms with Gasteiger partial charge in [0, 0.05) is 24.0 Å². The molecule has 4 aromatic carbocycles. The van der Waals surface area contributed by atoms with E-state index in [1.807, 2.05) is 61.5 Å². The van der Waals surface area contributed by atoms with Gasteiger partial charge < -0.3 is 19.7 Å². The summed E-state index contributed by atoms with van der Waals surface area (Å²) in [5.41, 5.74) is 1.83. The van der Waals surface area contributed by atoms with E-state index in [4.69, 9.17) is 9.47 Å². The summed E-state index contributed by atoms with van der Waals surface area (Å²) in [5.74, 6) is -0.102. The van der Waals surface area contributed by atoms with E-state index in [1.165, 1.54) is 31.3 Å². The molecule has 0 saturated carbocycles. The van der Waals surface area contributed by atoms with Crippen molar-refractivity contribution in [2.24, 2.45) is 0 Å². The molecule has 0 fully saturated rings. The van der Waals surface area contributed by atoms with E-state index < -0.39 is 28.5 Å². The number of nitrogens with zero attached hydrogens (tertiary/aromatic N) is 2. The number of para-hydroxylation sites is 2. The van der Waals surface area contributed by atoms with E-state index in [-0.39, 0.29) is 35.2 Å². The Hall–Kier alpha value is -4.35. The van der Waals surface area contributed by atoms with Crippen LogP contribution in [0.5, 0.6) is 11.5 Å². The summed E-state index contributed by atoms with van der Waals surface area (Å²) in [6.45, 7) is 1.98. The lowest BCUT2D eigenvalue weighted by molar-refractivity contribution is -0.140. The van der Waals surface area contributed by atoms with Crippen LogP contribution in [0.2, 0.25) is 0 Å². The number of methoxy groups -OCH3 is 2. The smallest absolute Gasteiger partial charge is 0.264 e. The monoisotopic (exact) mass is 721 g/mol. The van der Waals surface area contributed by atoms with Crippen LogP contribution in [0.15, 0.2) is 112 Å². The van der Waals surface area contributed by atoms with Crippen LogP contribution in [0, 0.1) is 0 Å². The first-order valence-corrected chi connectivity index (χ1v) is 17.6. The Bertz CT molecular complexity index is 1720. The van der Waals surface area contributed by atoms with Crippen LogP contribution in [-0.2, 0) is 32.6 Å². The Labute approximate surface area is 285 Å². The van der Waals surface area contributed by atoms with Gasteiger partial charge in [-0.1, -0.05) is 83.9 Å². The Morgan fingerprint density at radius 2 is 1.49 bits per heavy atom. The number of sulfonamides is 1. The molecule has 9 nitrogen and oxygen atoms in total. The summed E-state index contributed by atoms with van der Waals surface area (Å²) in [6, 6.07) is 28.6. The number of hydrogen-bond acceptors (Lipinski definition) is 6. The number of halogens is 1. The van der Waals surface area contributed by atoms with Crippen molar-refractivity contribution in [3.8, 4) is 11.5 Å². The molecule has 0 heterocycles. The first-order valence-electron chi connectivity index (χ1n) is 15.3. The van der Waals surface area contributed by atoms with E-state index in [0.29, 0.717) is 12.3 Å². The Balaban J connectivity index is 1.81. The first-order chi connectivity index (χ1) is 22.7. The number of anilines is 1. The molecule has 2 amide bonds. The van der Waals surface area contributed by atoms with Crippen molar-refractivity contribution in [3.63, 3.8) is 0 Å². The SMILES string of the molecule is CCCCNC(=O)[C@@H](Cc1ccccc1)N(Cc1ccc(Br)cc1)C(=O)CN(c1ccccc1OC)S(=O)(=O)c1ccc(OC)cc1. The molecule has 248 valence electrons. The summed E-state index contributed by atoms with van der Waals surface area (Å²) in [5, 5.41) is 3.00. The van der Waals surface area contributed by atoms with Crippen LogP contribution < -0.4 is 19.1 Å². The number of nitrogens with one attached hydrogen (secondary N) is 1. The van der Waals surface area contributed by atoms with Gasteiger partial charge in [0.25, 0.3) is 10.0 Å². The molecule has 47 heavy (non-hydrogen) atoms. The highest BCUT2D eigenvalue weighted by Crippen LogP contribution is 2.33. The maximum Gasteiger partial charge on any atom is 0.264 e. The molecule has 0 radical (unpaired) electrons. The Kier molecular flexibility index (Phi) is 12.8. The number of carbonyl (C=O) groups is 2. The summed E-state index contributed by atoms with van der Waals surface area (Å²) >= 11 is 3.46. The number of amides is 2. The van der Waals surface area contributed by atoms with Crippen molar-refractivity contribution >= 4 is 43.5 Å². The minimum atomic E-state index is -4.30. The molecular formula is C36H40BrN3O6S. The van der Waals surface area contributed by atoms with Crippen LogP contribution in [0.1, 0.15) is 30.9 Å². The second-order valence-corrected chi connectivity index (χ2v) is 13.6. The summed E-state index contributed by atoms with van der Waals surface area (Å²) in [6.07, 6.45) is 1.91. The van der Waals surface area contributed by atoms with E-state index in [0.717, 1.165) is 32.7 Å². The molecule has 1 atom stereocenters. The Morgan fingerprint density at radius 1 is 0.830 bits per heavy atom. The number of ether oxygens (including phenoxy) is 2. The molecule has 0 unspecified atom stereocenters. The molecule has 0 aliphatic rings. The second-order valence-electron chi connectivity index (χ2n) is 10.9. The lowest BCUT2D eigenvalue weighted by Gasteiger charge is -2.34. The van der Waals surface area contributed by atoms with Crippen molar-refractivity contribution in [3.05, 3.63) is 119 Å². The molecule has 0 aromatic heterocycles. The zero-order valence-electron chi connectivity index (χ0n) is 26.8. The Morgan fingerprint density at radius 3 is 2.13 bits per heavy atom. The van der Waals surface area contributed by atoms with Crippen molar-refractivity contribution in [1.29, 1.82) is 0 Å². The highest BCUT2D eigenvalue weighted by molar-refractivity contribution is 9.10. The fraction of sp³-hybridized carbons (Fsp3) is 0.278. The highest BCUT2D eigenvalue weighted by atomic mass is 79.9. The summed E-state index contributed by atoms with van der Waals surface area (Å²) in [4.78, 5) is 29.9. The van der Waals surface area contributed by atoms with Gasteiger partial charge in [-0.3, -0.25) is 13.9 Å². The van der Waals surface area contributed by atoms with Gasteiger partial charge in [-0.25, -0.2) is 8.42 Å². The zero-order valence-corrected chi connectivity index (χ0v) is 29.2. The largest absolute Gasteiger partial charge is 0.497 e. The molecule has 4 rings (SSSR count). The normalized spacial score (nSPS) is 11.7. The molecule has 4 aromatic rings. The zero-order chi connectivity index (χ0) is 33.8. The minimum absolute atomic E-state index is 0.0328.